The van der Waals surface area contributed by atoms with Gasteiger partial charge in [-0.3, -0.25) is 9.59 Å². The van der Waals surface area contributed by atoms with Crippen molar-refractivity contribution in [3.8, 4) is 0 Å². The van der Waals surface area contributed by atoms with E-state index in [1.165, 1.54) is 50.0 Å². The van der Waals surface area contributed by atoms with Crippen LogP contribution in [0.3, 0.4) is 0 Å². The molecule has 0 aliphatic rings. The van der Waals surface area contributed by atoms with Crippen molar-refractivity contribution in [1.82, 2.24) is 4.98 Å². The monoisotopic (exact) mass is 656 g/mol. The zero-order chi connectivity index (χ0) is 36.1. The average Bonchev–Trinajstić information content (AvgIpc) is 3.53. The van der Waals surface area contributed by atoms with Crippen LogP contribution in [0.25, 0.3) is 11.1 Å². The number of ether oxygens (including phenoxy) is 1. The van der Waals surface area contributed by atoms with Crippen LogP contribution in [0.2, 0.25) is 0 Å². The molecule has 1 heterocycles. The SMILES string of the molecule is C=C\C(=C/C(=C(\C)C(C)CC)C(=C\C)/c1csc(/C(=C/C(=C\CC)C(C)=O)C(C)=O)n1)CN.CC.CCC.CCCCOCCC. The zero-order valence-corrected chi connectivity index (χ0v) is 32.6. The highest BCUT2D eigenvalue weighted by Crippen LogP contribution is 2.34. The van der Waals surface area contributed by atoms with Crippen LogP contribution in [0.1, 0.15) is 139 Å². The molecule has 0 radical (unpaired) electrons. The Bertz CT molecular complexity index is 1140. The average molecular weight is 657 g/mol. The first kappa shape index (κ1) is 47.7. The van der Waals surface area contributed by atoms with Gasteiger partial charge in [0, 0.05) is 36.3 Å². The Balaban J connectivity index is -0.00000120. The molecule has 1 rings (SSSR count). The van der Waals surface area contributed by atoms with Gasteiger partial charge in [-0.1, -0.05) is 106 Å². The van der Waals surface area contributed by atoms with Crippen LogP contribution >= 0.6 is 11.3 Å². The highest BCUT2D eigenvalue weighted by atomic mass is 32.1. The molecular formula is C40H68N2O3S. The maximum atomic E-state index is 12.5. The Morgan fingerprint density at radius 1 is 0.978 bits per heavy atom. The Morgan fingerprint density at radius 2 is 1.59 bits per heavy atom. The summed E-state index contributed by atoms with van der Waals surface area (Å²) in [5, 5.41) is 2.57. The molecule has 5 nitrogen and oxygen atoms in total. The summed E-state index contributed by atoms with van der Waals surface area (Å²) in [4.78, 5) is 29.3. The Labute approximate surface area is 287 Å². The summed E-state index contributed by atoms with van der Waals surface area (Å²) in [6.07, 6.45) is 16.0. The molecule has 0 saturated heterocycles. The van der Waals surface area contributed by atoms with Crippen molar-refractivity contribution in [3.63, 3.8) is 0 Å². The van der Waals surface area contributed by atoms with Crippen molar-refractivity contribution in [2.75, 3.05) is 19.8 Å². The van der Waals surface area contributed by atoms with E-state index in [0.29, 0.717) is 35.0 Å². The molecular weight excluding hydrogens is 589 g/mol. The number of carbonyl (C=O) groups excluding carboxylic acids is 2. The second kappa shape index (κ2) is 31.0. The molecule has 0 amide bonds. The van der Waals surface area contributed by atoms with Crippen molar-refractivity contribution in [2.45, 2.75) is 129 Å². The van der Waals surface area contributed by atoms with Crippen LogP contribution in [0, 0.1) is 5.92 Å². The fourth-order valence-electron chi connectivity index (χ4n) is 3.81. The number of thiazole rings is 1. The molecule has 1 aromatic heterocycles. The summed E-state index contributed by atoms with van der Waals surface area (Å²) >= 11 is 1.41. The summed E-state index contributed by atoms with van der Waals surface area (Å²) in [6.45, 7) is 32.2. The van der Waals surface area contributed by atoms with E-state index >= 15 is 0 Å². The van der Waals surface area contributed by atoms with Gasteiger partial charge >= 0.3 is 0 Å². The largest absolute Gasteiger partial charge is 0.381 e. The third-order valence-corrected chi connectivity index (χ3v) is 7.57. The lowest BCUT2D eigenvalue weighted by Gasteiger charge is -2.17. The van der Waals surface area contributed by atoms with Gasteiger partial charge in [-0.05, 0) is 82.6 Å². The van der Waals surface area contributed by atoms with E-state index in [4.69, 9.17) is 15.5 Å². The zero-order valence-electron chi connectivity index (χ0n) is 31.8. The maximum absolute atomic E-state index is 12.5. The standard InChI is InChI=1S/C28H38N2O2S.C7H16O.C3H8.C2H6/c1-9-13-23(20(7)31)15-26(21(8)32)28-30-27(17-33-28)24(12-4)25(14-22(11-3)16-29)19(6)18(5)10-2;1-3-5-7-8-6-4-2;1-3-2;1-2/h11-15,17-18H,3,9-10,16,29H2,1-2,4-8H3;3-7H2,1-2H3;3H2,1-2H3;1-2H3/b22-14+,23-13+,24-12+,25-19-,26-15+;;;. The summed E-state index contributed by atoms with van der Waals surface area (Å²) in [5.74, 6) is 0.197. The lowest BCUT2D eigenvalue weighted by Crippen LogP contribution is -2.05. The summed E-state index contributed by atoms with van der Waals surface area (Å²) in [5.41, 5.74) is 12.0. The normalized spacial score (nSPS) is 13.2. The van der Waals surface area contributed by atoms with Gasteiger partial charge < -0.3 is 10.5 Å². The predicted molar refractivity (Wildman–Crippen MR) is 206 cm³/mol. The Hall–Kier alpha value is -2.67. The molecule has 0 bridgehead atoms. The molecule has 1 unspecified atom stereocenters. The molecule has 1 atom stereocenters. The van der Waals surface area contributed by atoms with Crippen molar-refractivity contribution < 1.29 is 14.3 Å². The lowest BCUT2D eigenvalue weighted by atomic mass is 9.88. The molecule has 0 fully saturated rings. The Morgan fingerprint density at radius 3 is 2.00 bits per heavy atom. The third kappa shape index (κ3) is 19.8. The van der Waals surface area contributed by atoms with Gasteiger partial charge in [0.05, 0.1) is 11.3 Å². The predicted octanol–water partition coefficient (Wildman–Crippen LogP) is 11.5. The van der Waals surface area contributed by atoms with Gasteiger partial charge in [-0.15, -0.1) is 11.3 Å². The maximum Gasteiger partial charge on any atom is 0.162 e. The second-order valence-electron chi connectivity index (χ2n) is 10.7. The van der Waals surface area contributed by atoms with E-state index in [-0.39, 0.29) is 11.6 Å². The number of hydrogen-bond donors (Lipinski definition) is 1. The first-order valence-electron chi connectivity index (χ1n) is 17.4. The van der Waals surface area contributed by atoms with Crippen LogP contribution in [0.5, 0.6) is 0 Å². The molecule has 0 spiro atoms. The minimum atomic E-state index is -0.121. The van der Waals surface area contributed by atoms with Gasteiger partial charge in [0.2, 0.25) is 0 Å². The summed E-state index contributed by atoms with van der Waals surface area (Å²) < 4.78 is 5.22. The number of nitrogens with two attached hydrogens (primary N) is 1. The van der Waals surface area contributed by atoms with Crippen molar-refractivity contribution in [3.05, 3.63) is 75.3 Å². The molecule has 0 aromatic carbocycles. The Kier molecular flexibility index (Phi) is 32.1. The van der Waals surface area contributed by atoms with Crippen LogP contribution in [0.15, 0.2) is 64.6 Å². The van der Waals surface area contributed by atoms with Crippen molar-refractivity contribution >= 4 is 34.0 Å². The number of Topliss-reactive ketones (excluding diaryl/α,β-unsaturated/α-hetero) is 2. The highest BCUT2D eigenvalue weighted by molar-refractivity contribution is 7.11. The van der Waals surface area contributed by atoms with Gasteiger partial charge in [0.25, 0.3) is 0 Å². The number of unbranched alkanes of at least 4 members (excludes halogenated alkanes) is 1. The van der Waals surface area contributed by atoms with Gasteiger partial charge in [-0.25, -0.2) is 4.98 Å². The topological polar surface area (TPSA) is 82.3 Å². The van der Waals surface area contributed by atoms with Gasteiger partial charge in [-0.2, -0.15) is 0 Å². The first-order valence-corrected chi connectivity index (χ1v) is 18.2. The van der Waals surface area contributed by atoms with Crippen LogP contribution < -0.4 is 5.73 Å². The van der Waals surface area contributed by atoms with Crippen molar-refractivity contribution in [2.24, 2.45) is 11.7 Å². The van der Waals surface area contributed by atoms with E-state index < -0.39 is 0 Å². The van der Waals surface area contributed by atoms with E-state index in [0.717, 1.165) is 48.5 Å². The van der Waals surface area contributed by atoms with Crippen LogP contribution in [0.4, 0.5) is 0 Å². The third-order valence-electron chi connectivity index (χ3n) is 6.69. The lowest BCUT2D eigenvalue weighted by molar-refractivity contribution is -0.113. The molecule has 46 heavy (non-hydrogen) atoms. The van der Waals surface area contributed by atoms with E-state index in [1.54, 1.807) is 12.2 Å². The minimum Gasteiger partial charge on any atom is -0.381 e. The number of aromatic nitrogens is 1. The van der Waals surface area contributed by atoms with Gasteiger partial charge in [0.1, 0.15) is 5.01 Å². The molecule has 262 valence electrons. The minimum absolute atomic E-state index is 0.0696. The number of hydrogen-bond acceptors (Lipinski definition) is 6. The quantitative estimate of drug-likeness (QED) is 0.102. The number of ketones is 2. The molecule has 2 N–H and O–H groups in total. The molecule has 0 saturated carbocycles. The smallest absolute Gasteiger partial charge is 0.162 e. The van der Waals surface area contributed by atoms with Crippen molar-refractivity contribution in [1.29, 1.82) is 0 Å². The van der Waals surface area contributed by atoms with Crippen LogP contribution in [-0.4, -0.2) is 36.3 Å². The number of carbonyl (C=O) groups is 2. The van der Waals surface area contributed by atoms with Crippen LogP contribution in [-0.2, 0) is 14.3 Å². The molecule has 0 aliphatic carbocycles. The van der Waals surface area contributed by atoms with E-state index in [1.807, 2.05) is 45.2 Å². The highest BCUT2D eigenvalue weighted by Gasteiger charge is 2.19. The van der Waals surface area contributed by atoms with E-state index in [2.05, 4.69) is 61.1 Å². The first-order chi connectivity index (χ1) is 22.0. The van der Waals surface area contributed by atoms with Gasteiger partial charge in [0.15, 0.2) is 11.6 Å². The fraction of sp³-hybridized carbons (Fsp3) is 0.575. The molecule has 6 heteroatoms. The second-order valence-corrected chi connectivity index (χ2v) is 11.5. The fourth-order valence-corrected chi connectivity index (χ4v) is 4.69. The molecule has 1 aromatic rings. The number of allylic oxidation sites excluding steroid dienone is 9. The number of rotatable bonds is 17. The number of nitrogens with zero attached hydrogens (tertiary/aromatic N) is 1. The summed E-state index contributed by atoms with van der Waals surface area (Å²) in [6, 6.07) is 0. The van der Waals surface area contributed by atoms with E-state index in [9.17, 15) is 9.59 Å². The summed E-state index contributed by atoms with van der Waals surface area (Å²) in [7, 11) is 0. The molecule has 0 aliphatic heterocycles.